The molecule has 3 aromatic rings. The van der Waals surface area contributed by atoms with Crippen LogP contribution in [-0.2, 0) is 11.3 Å². The van der Waals surface area contributed by atoms with Crippen LogP contribution in [0.1, 0.15) is 18.3 Å². The summed E-state index contributed by atoms with van der Waals surface area (Å²) in [5, 5.41) is 9.80. The summed E-state index contributed by atoms with van der Waals surface area (Å²) in [6.07, 6.45) is 3.17. The Balaban J connectivity index is 1.57. The van der Waals surface area contributed by atoms with Gasteiger partial charge in [-0.25, -0.2) is 4.98 Å². The maximum atomic E-state index is 12.1. The predicted octanol–water partition coefficient (Wildman–Crippen LogP) is 3.22. The molecule has 0 aliphatic rings. The van der Waals surface area contributed by atoms with Gasteiger partial charge in [-0.15, -0.1) is 0 Å². The van der Waals surface area contributed by atoms with E-state index in [2.05, 4.69) is 20.5 Å². The monoisotopic (exact) mass is 408 g/mol. The summed E-state index contributed by atoms with van der Waals surface area (Å²) in [6.45, 7) is 2.66. The largest absolute Gasteiger partial charge is 0.497 e. The van der Waals surface area contributed by atoms with Gasteiger partial charge in [0.1, 0.15) is 11.6 Å². The molecule has 2 N–H and O–H groups in total. The highest BCUT2D eigenvalue weighted by Crippen LogP contribution is 2.28. The van der Waals surface area contributed by atoms with Gasteiger partial charge in [0, 0.05) is 11.6 Å². The fraction of sp³-hybridized carbons (Fsp3) is 0.227. The van der Waals surface area contributed by atoms with Crippen molar-refractivity contribution in [2.75, 3.05) is 20.8 Å². The lowest BCUT2D eigenvalue weighted by Gasteiger charge is -2.09. The lowest BCUT2D eigenvalue weighted by molar-refractivity contribution is -0.116. The van der Waals surface area contributed by atoms with E-state index in [4.69, 9.17) is 14.2 Å². The van der Waals surface area contributed by atoms with Gasteiger partial charge in [0.2, 0.25) is 5.91 Å². The average Bonchev–Trinajstić information content (AvgIpc) is 3.26. The number of aromatic amines is 1. The first kappa shape index (κ1) is 20.9. The van der Waals surface area contributed by atoms with E-state index in [-0.39, 0.29) is 12.5 Å². The van der Waals surface area contributed by atoms with Gasteiger partial charge in [-0.1, -0.05) is 6.07 Å². The number of nitrogens with zero attached hydrogens (tertiary/aromatic N) is 2. The highest BCUT2D eigenvalue weighted by atomic mass is 16.5. The summed E-state index contributed by atoms with van der Waals surface area (Å²) in [7, 11) is 3.20. The summed E-state index contributed by atoms with van der Waals surface area (Å²) >= 11 is 0. The van der Waals surface area contributed by atoms with Gasteiger partial charge in [-0.2, -0.15) is 5.10 Å². The maximum absolute atomic E-state index is 12.1. The highest BCUT2D eigenvalue weighted by Gasteiger charge is 2.07. The van der Waals surface area contributed by atoms with E-state index in [1.807, 2.05) is 43.3 Å². The number of carbonyl (C=O) groups is 1. The summed E-state index contributed by atoms with van der Waals surface area (Å²) < 4.78 is 16.0. The molecule has 0 saturated heterocycles. The number of hydrogen-bond acceptors (Lipinski definition) is 6. The first-order valence-corrected chi connectivity index (χ1v) is 9.45. The van der Waals surface area contributed by atoms with Crippen LogP contribution in [0.15, 0.2) is 48.5 Å². The van der Waals surface area contributed by atoms with E-state index in [1.54, 1.807) is 26.4 Å². The topological polar surface area (TPSA) is 98.4 Å². The predicted molar refractivity (Wildman–Crippen MR) is 113 cm³/mol. The summed E-state index contributed by atoms with van der Waals surface area (Å²) in [5.41, 5.74) is 1.69. The Morgan fingerprint density at radius 2 is 1.90 bits per heavy atom. The number of carbonyl (C=O) groups excluding carboxylic acids is 1. The molecule has 3 rings (SSSR count). The Bertz CT molecular complexity index is 1010. The van der Waals surface area contributed by atoms with Gasteiger partial charge in [0.05, 0.1) is 27.4 Å². The Labute approximate surface area is 174 Å². The molecule has 8 heteroatoms. The molecule has 0 aliphatic heterocycles. The van der Waals surface area contributed by atoms with Crippen molar-refractivity contribution in [3.05, 3.63) is 59.9 Å². The molecule has 0 aliphatic carbocycles. The first-order chi connectivity index (χ1) is 14.6. The second-order valence-corrected chi connectivity index (χ2v) is 6.23. The van der Waals surface area contributed by atoms with E-state index in [0.717, 1.165) is 16.9 Å². The minimum absolute atomic E-state index is 0.235. The van der Waals surface area contributed by atoms with Crippen LogP contribution in [0, 0.1) is 0 Å². The third kappa shape index (κ3) is 5.38. The molecule has 30 heavy (non-hydrogen) atoms. The lowest BCUT2D eigenvalue weighted by atomic mass is 10.2. The van der Waals surface area contributed by atoms with Crippen molar-refractivity contribution in [2.45, 2.75) is 13.5 Å². The van der Waals surface area contributed by atoms with E-state index in [9.17, 15) is 4.79 Å². The molecule has 0 atom stereocenters. The number of aromatic nitrogens is 3. The summed E-state index contributed by atoms with van der Waals surface area (Å²) in [5.74, 6) is 2.92. The molecule has 156 valence electrons. The highest BCUT2D eigenvalue weighted by molar-refractivity contribution is 5.91. The number of ether oxygens (including phenoxy) is 3. The van der Waals surface area contributed by atoms with E-state index in [1.165, 1.54) is 6.08 Å². The van der Waals surface area contributed by atoms with Crippen LogP contribution in [0.3, 0.4) is 0 Å². The molecule has 0 fully saturated rings. The lowest BCUT2D eigenvalue weighted by Crippen LogP contribution is -2.20. The summed E-state index contributed by atoms with van der Waals surface area (Å²) in [4.78, 5) is 16.5. The Hall–Kier alpha value is -3.81. The van der Waals surface area contributed by atoms with Crippen molar-refractivity contribution in [3.8, 4) is 28.6 Å². The van der Waals surface area contributed by atoms with Crippen molar-refractivity contribution < 1.29 is 19.0 Å². The number of amides is 1. The van der Waals surface area contributed by atoms with Gasteiger partial charge in [0.25, 0.3) is 0 Å². The van der Waals surface area contributed by atoms with Gasteiger partial charge in [-0.3, -0.25) is 9.89 Å². The van der Waals surface area contributed by atoms with E-state index >= 15 is 0 Å². The number of H-pyrrole nitrogens is 1. The molecular weight excluding hydrogens is 384 g/mol. The summed E-state index contributed by atoms with van der Waals surface area (Å²) in [6, 6.07) is 12.9. The van der Waals surface area contributed by atoms with Gasteiger partial charge < -0.3 is 19.5 Å². The van der Waals surface area contributed by atoms with Crippen molar-refractivity contribution >= 4 is 12.0 Å². The van der Waals surface area contributed by atoms with Gasteiger partial charge >= 0.3 is 0 Å². The van der Waals surface area contributed by atoms with Crippen LogP contribution < -0.4 is 19.5 Å². The fourth-order valence-corrected chi connectivity index (χ4v) is 2.71. The van der Waals surface area contributed by atoms with Crippen LogP contribution in [0.4, 0.5) is 0 Å². The first-order valence-electron chi connectivity index (χ1n) is 9.45. The zero-order chi connectivity index (χ0) is 21.3. The van der Waals surface area contributed by atoms with Crippen LogP contribution >= 0.6 is 0 Å². The quantitative estimate of drug-likeness (QED) is 0.528. The Morgan fingerprint density at radius 1 is 1.10 bits per heavy atom. The van der Waals surface area contributed by atoms with E-state index in [0.29, 0.717) is 29.8 Å². The molecule has 2 aromatic carbocycles. The number of rotatable bonds is 9. The van der Waals surface area contributed by atoms with Crippen molar-refractivity contribution in [3.63, 3.8) is 0 Å². The fourth-order valence-electron chi connectivity index (χ4n) is 2.71. The SMILES string of the molecule is CCOc1cc(/C=C/C(=O)NCc2nc(-c3ccc(OC)cc3)n[nH]2)ccc1OC. The standard InChI is InChI=1S/C22H24N4O4/c1-4-30-19-13-15(5-11-18(19)29-3)6-12-21(27)23-14-20-24-22(26-25-20)16-7-9-17(28-2)10-8-16/h5-13H,4,14H2,1-3H3,(H,23,27)(H,24,25,26)/b12-6+. The van der Waals surface area contributed by atoms with Crippen molar-refractivity contribution in [1.82, 2.24) is 20.5 Å². The number of nitrogens with one attached hydrogen (secondary N) is 2. The van der Waals surface area contributed by atoms with Crippen LogP contribution in [0.2, 0.25) is 0 Å². The number of hydrogen-bond donors (Lipinski definition) is 2. The molecule has 0 unspecified atom stereocenters. The molecule has 1 amide bonds. The second kappa shape index (κ2) is 10.1. The van der Waals surface area contributed by atoms with Crippen LogP contribution in [0.5, 0.6) is 17.2 Å². The zero-order valence-corrected chi connectivity index (χ0v) is 17.1. The normalized spacial score (nSPS) is 10.8. The number of methoxy groups -OCH3 is 2. The minimum atomic E-state index is -0.244. The third-order valence-corrected chi connectivity index (χ3v) is 4.22. The van der Waals surface area contributed by atoms with Crippen LogP contribution in [-0.4, -0.2) is 41.9 Å². The molecule has 0 saturated carbocycles. The van der Waals surface area contributed by atoms with Crippen molar-refractivity contribution in [1.29, 1.82) is 0 Å². The molecule has 0 radical (unpaired) electrons. The van der Waals surface area contributed by atoms with E-state index < -0.39 is 0 Å². The Morgan fingerprint density at radius 3 is 2.60 bits per heavy atom. The second-order valence-electron chi connectivity index (χ2n) is 6.23. The molecule has 0 bridgehead atoms. The smallest absolute Gasteiger partial charge is 0.244 e. The average molecular weight is 408 g/mol. The Kier molecular flexibility index (Phi) is 7.05. The van der Waals surface area contributed by atoms with Crippen molar-refractivity contribution in [2.24, 2.45) is 0 Å². The van der Waals surface area contributed by atoms with Gasteiger partial charge in [-0.05, 0) is 55.0 Å². The molecule has 1 aromatic heterocycles. The molecule has 0 spiro atoms. The molecule has 8 nitrogen and oxygen atoms in total. The minimum Gasteiger partial charge on any atom is -0.497 e. The third-order valence-electron chi connectivity index (χ3n) is 4.22. The molecule has 1 heterocycles. The van der Waals surface area contributed by atoms with Crippen LogP contribution in [0.25, 0.3) is 17.5 Å². The molecular formula is C22H24N4O4. The number of benzene rings is 2. The zero-order valence-electron chi connectivity index (χ0n) is 17.1. The van der Waals surface area contributed by atoms with Gasteiger partial charge in [0.15, 0.2) is 17.3 Å². The maximum Gasteiger partial charge on any atom is 0.244 e.